The van der Waals surface area contributed by atoms with Crippen LogP contribution in [0.5, 0.6) is 0 Å². The van der Waals surface area contributed by atoms with Gasteiger partial charge in [0, 0.05) is 5.92 Å². The highest BCUT2D eigenvalue weighted by atomic mass is 16.5. The summed E-state index contributed by atoms with van der Waals surface area (Å²) in [6, 6.07) is 0. The molecule has 0 spiro atoms. The third-order valence-electron chi connectivity index (χ3n) is 2.39. The topological polar surface area (TPSA) is 48.2 Å². The second kappa shape index (κ2) is 2.29. The van der Waals surface area contributed by atoms with E-state index in [0.29, 0.717) is 11.8 Å². The van der Waals surface area contributed by atoms with Crippen LogP contribution in [0.1, 0.15) is 36.4 Å². The zero-order valence-electron chi connectivity index (χ0n) is 6.69. The Labute approximate surface area is 69.9 Å². The maximum Gasteiger partial charge on any atom is 0.234 e. The summed E-state index contributed by atoms with van der Waals surface area (Å²) in [7, 11) is 0. The van der Waals surface area contributed by atoms with Gasteiger partial charge in [0.2, 0.25) is 5.89 Å². The first kappa shape index (κ1) is 6.60. The molecule has 4 nitrogen and oxygen atoms in total. The molecule has 0 atom stereocenters. The lowest BCUT2D eigenvalue weighted by Gasteiger charge is -2.21. The fourth-order valence-corrected chi connectivity index (χ4v) is 1.30. The molecule has 1 saturated carbocycles. The fraction of sp³-hybridized carbons (Fsp3) is 0.750. The smallest absolute Gasteiger partial charge is 0.234 e. The molecule has 2 heterocycles. The van der Waals surface area contributed by atoms with Gasteiger partial charge in [0.25, 0.3) is 0 Å². The van der Waals surface area contributed by atoms with Crippen LogP contribution in [0.2, 0.25) is 0 Å². The lowest BCUT2D eigenvalue weighted by molar-refractivity contribution is -0.00445. The second-order valence-electron chi connectivity index (χ2n) is 3.50. The van der Waals surface area contributed by atoms with E-state index in [1.54, 1.807) is 0 Å². The Morgan fingerprint density at radius 3 is 2.58 bits per heavy atom. The van der Waals surface area contributed by atoms with E-state index in [9.17, 15) is 0 Å². The molecule has 2 fully saturated rings. The normalized spacial score (nSPS) is 24.0. The zero-order valence-corrected chi connectivity index (χ0v) is 6.69. The highest BCUT2D eigenvalue weighted by molar-refractivity contribution is 5.06. The minimum absolute atomic E-state index is 0.366. The SMILES string of the molecule is C1CC1c1noc(C2COC2)n1. The number of aromatic nitrogens is 2. The van der Waals surface area contributed by atoms with Gasteiger partial charge in [0.15, 0.2) is 5.82 Å². The van der Waals surface area contributed by atoms with Gasteiger partial charge in [-0.15, -0.1) is 0 Å². The molecule has 0 N–H and O–H groups in total. The van der Waals surface area contributed by atoms with Crippen LogP contribution in [0.4, 0.5) is 0 Å². The fourth-order valence-electron chi connectivity index (χ4n) is 1.30. The third-order valence-corrected chi connectivity index (χ3v) is 2.39. The van der Waals surface area contributed by atoms with Crippen molar-refractivity contribution in [1.82, 2.24) is 10.1 Å². The number of ether oxygens (including phenoxy) is 1. The Bertz CT molecular complexity index is 289. The molecule has 12 heavy (non-hydrogen) atoms. The van der Waals surface area contributed by atoms with Crippen LogP contribution >= 0.6 is 0 Å². The van der Waals surface area contributed by atoms with Gasteiger partial charge in [0.1, 0.15) is 0 Å². The quantitative estimate of drug-likeness (QED) is 0.659. The first-order valence-electron chi connectivity index (χ1n) is 4.35. The molecule has 1 aliphatic heterocycles. The van der Waals surface area contributed by atoms with E-state index >= 15 is 0 Å². The average Bonchev–Trinajstić information content (AvgIpc) is 2.70. The van der Waals surface area contributed by atoms with Crippen LogP contribution < -0.4 is 0 Å². The van der Waals surface area contributed by atoms with Gasteiger partial charge in [0.05, 0.1) is 19.1 Å². The van der Waals surface area contributed by atoms with Gasteiger partial charge in [-0.25, -0.2) is 0 Å². The van der Waals surface area contributed by atoms with Crippen LogP contribution in [0.25, 0.3) is 0 Å². The standard InChI is InChI=1S/C8H10N2O2/c1-2-5(1)7-9-8(12-10-7)6-3-11-4-6/h5-6H,1-4H2. The Morgan fingerprint density at radius 1 is 1.17 bits per heavy atom. The van der Waals surface area contributed by atoms with Crippen LogP contribution in [-0.4, -0.2) is 23.4 Å². The predicted octanol–water partition coefficient (Wildman–Crippen LogP) is 1.06. The number of hydrogen-bond acceptors (Lipinski definition) is 4. The second-order valence-corrected chi connectivity index (χ2v) is 3.50. The van der Waals surface area contributed by atoms with Crippen molar-refractivity contribution in [3.05, 3.63) is 11.7 Å². The van der Waals surface area contributed by atoms with Gasteiger partial charge >= 0.3 is 0 Å². The molecule has 1 saturated heterocycles. The minimum Gasteiger partial charge on any atom is -0.380 e. The molecular formula is C8H10N2O2. The van der Waals surface area contributed by atoms with Gasteiger partial charge in [-0.2, -0.15) is 4.98 Å². The molecule has 0 amide bonds. The Morgan fingerprint density at radius 2 is 2.00 bits per heavy atom. The van der Waals surface area contributed by atoms with Crippen molar-refractivity contribution in [1.29, 1.82) is 0 Å². The Balaban J connectivity index is 1.81. The molecule has 4 heteroatoms. The van der Waals surface area contributed by atoms with Crippen molar-refractivity contribution in [2.24, 2.45) is 0 Å². The molecule has 3 rings (SSSR count). The van der Waals surface area contributed by atoms with Crippen molar-refractivity contribution >= 4 is 0 Å². The summed E-state index contributed by atoms with van der Waals surface area (Å²) in [6.07, 6.45) is 2.44. The first-order chi connectivity index (χ1) is 5.93. The van der Waals surface area contributed by atoms with Crippen molar-refractivity contribution < 1.29 is 9.26 Å². The van der Waals surface area contributed by atoms with E-state index in [4.69, 9.17) is 9.26 Å². The van der Waals surface area contributed by atoms with Crippen molar-refractivity contribution in [3.8, 4) is 0 Å². The van der Waals surface area contributed by atoms with Crippen molar-refractivity contribution in [2.75, 3.05) is 13.2 Å². The van der Waals surface area contributed by atoms with E-state index in [1.165, 1.54) is 12.8 Å². The Hall–Kier alpha value is -0.900. The van der Waals surface area contributed by atoms with E-state index in [-0.39, 0.29) is 0 Å². The van der Waals surface area contributed by atoms with Gasteiger partial charge in [-0.05, 0) is 12.8 Å². The zero-order chi connectivity index (χ0) is 7.97. The molecule has 0 unspecified atom stereocenters. The van der Waals surface area contributed by atoms with E-state index < -0.39 is 0 Å². The van der Waals surface area contributed by atoms with Gasteiger partial charge in [-0.1, -0.05) is 5.16 Å². The molecule has 64 valence electrons. The van der Waals surface area contributed by atoms with E-state index in [1.807, 2.05) is 0 Å². The minimum atomic E-state index is 0.366. The summed E-state index contributed by atoms with van der Waals surface area (Å²) < 4.78 is 10.2. The van der Waals surface area contributed by atoms with Gasteiger partial charge in [-0.3, -0.25) is 0 Å². The van der Waals surface area contributed by atoms with Crippen LogP contribution in [0.15, 0.2) is 4.52 Å². The molecule has 1 aromatic rings. The third kappa shape index (κ3) is 0.948. The molecule has 2 aliphatic rings. The van der Waals surface area contributed by atoms with E-state index in [0.717, 1.165) is 24.9 Å². The summed E-state index contributed by atoms with van der Waals surface area (Å²) in [6.45, 7) is 1.48. The van der Waals surface area contributed by atoms with Crippen molar-refractivity contribution in [2.45, 2.75) is 24.7 Å². The van der Waals surface area contributed by atoms with Crippen LogP contribution in [-0.2, 0) is 4.74 Å². The van der Waals surface area contributed by atoms with Crippen molar-refractivity contribution in [3.63, 3.8) is 0 Å². The van der Waals surface area contributed by atoms with Crippen LogP contribution in [0.3, 0.4) is 0 Å². The molecular weight excluding hydrogens is 156 g/mol. The lowest BCUT2D eigenvalue weighted by atomic mass is 10.1. The predicted molar refractivity (Wildman–Crippen MR) is 39.8 cm³/mol. The van der Waals surface area contributed by atoms with Gasteiger partial charge < -0.3 is 9.26 Å². The molecule has 0 bridgehead atoms. The molecule has 1 aromatic heterocycles. The lowest BCUT2D eigenvalue weighted by Crippen LogP contribution is -2.25. The summed E-state index contributed by atoms with van der Waals surface area (Å²) in [4.78, 5) is 4.34. The maximum absolute atomic E-state index is 5.13. The number of rotatable bonds is 2. The summed E-state index contributed by atoms with van der Waals surface area (Å²) in [5.41, 5.74) is 0. The van der Waals surface area contributed by atoms with E-state index in [2.05, 4.69) is 10.1 Å². The molecule has 1 aliphatic carbocycles. The highest BCUT2D eigenvalue weighted by Gasteiger charge is 2.32. The first-order valence-corrected chi connectivity index (χ1v) is 4.35. The number of nitrogens with zero attached hydrogens (tertiary/aromatic N) is 2. The highest BCUT2D eigenvalue weighted by Crippen LogP contribution is 2.38. The maximum atomic E-state index is 5.13. The monoisotopic (exact) mass is 166 g/mol. The summed E-state index contributed by atoms with van der Waals surface area (Å²) in [5.74, 6) is 2.62. The van der Waals surface area contributed by atoms with Crippen LogP contribution in [0, 0.1) is 0 Å². The molecule has 0 aromatic carbocycles. The largest absolute Gasteiger partial charge is 0.380 e. The number of hydrogen-bond donors (Lipinski definition) is 0. The molecule has 0 radical (unpaired) electrons. The Kier molecular flexibility index (Phi) is 1.26. The summed E-state index contributed by atoms with van der Waals surface area (Å²) in [5, 5.41) is 3.94. The average molecular weight is 166 g/mol. The summed E-state index contributed by atoms with van der Waals surface area (Å²) >= 11 is 0.